The average molecular weight is 404 g/mol. The van der Waals surface area contributed by atoms with Gasteiger partial charge < -0.3 is 10.2 Å². The van der Waals surface area contributed by atoms with Crippen molar-refractivity contribution in [2.24, 2.45) is 0 Å². The fraction of sp³-hybridized carbons (Fsp3) is 0.350. The maximum atomic E-state index is 12.3. The molecule has 1 atom stereocenters. The van der Waals surface area contributed by atoms with Crippen molar-refractivity contribution < 1.29 is 8.42 Å². The van der Waals surface area contributed by atoms with Gasteiger partial charge in [-0.05, 0) is 60.8 Å². The third-order valence-electron chi connectivity index (χ3n) is 4.99. The van der Waals surface area contributed by atoms with Crippen LogP contribution in [0.25, 0.3) is 0 Å². The van der Waals surface area contributed by atoms with Crippen molar-refractivity contribution in [3.05, 3.63) is 59.7 Å². The van der Waals surface area contributed by atoms with Gasteiger partial charge in [0.2, 0.25) is 10.0 Å². The highest BCUT2D eigenvalue weighted by atomic mass is 32.2. The van der Waals surface area contributed by atoms with Crippen LogP contribution < -0.4 is 5.32 Å². The zero-order valence-corrected chi connectivity index (χ0v) is 17.5. The Morgan fingerprint density at radius 1 is 1.11 bits per heavy atom. The van der Waals surface area contributed by atoms with Crippen LogP contribution in [0.4, 0.5) is 5.69 Å². The molecule has 2 aromatic rings. The molecule has 1 N–H and O–H groups in total. The van der Waals surface area contributed by atoms with Gasteiger partial charge in [0.05, 0.1) is 10.9 Å². The van der Waals surface area contributed by atoms with Gasteiger partial charge in [-0.2, -0.15) is 0 Å². The number of nitrogens with zero attached hydrogens (tertiary/aromatic N) is 2. The molecule has 0 bridgehead atoms. The molecule has 2 aromatic carbocycles. The summed E-state index contributed by atoms with van der Waals surface area (Å²) in [6.45, 7) is 0. The summed E-state index contributed by atoms with van der Waals surface area (Å²) in [6.07, 6.45) is 3.28. The molecule has 144 valence electrons. The van der Waals surface area contributed by atoms with E-state index in [9.17, 15) is 8.42 Å². The molecule has 0 radical (unpaired) electrons. The lowest BCUT2D eigenvalue weighted by atomic mass is 9.87. The number of sulfonamides is 1. The molecule has 0 spiro atoms. The van der Waals surface area contributed by atoms with E-state index in [1.54, 1.807) is 18.2 Å². The number of benzene rings is 2. The first-order valence-electron chi connectivity index (χ1n) is 8.95. The number of aryl methyl sites for hydroxylation is 1. The largest absolute Gasteiger partial charge is 0.345 e. The predicted molar refractivity (Wildman–Crippen MR) is 113 cm³/mol. The van der Waals surface area contributed by atoms with Crippen molar-refractivity contribution in [2.45, 2.75) is 30.2 Å². The molecule has 0 heterocycles. The van der Waals surface area contributed by atoms with Crippen LogP contribution in [0.5, 0.6) is 0 Å². The van der Waals surface area contributed by atoms with Gasteiger partial charge in [-0.1, -0.05) is 30.3 Å². The second-order valence-corrected chi connectivity index (χ2v) is 9.50. The number of fused-ring (bicyclic) bond motifs is 1. The van der Waals surface area contributed by atoms with Crippen LogP contribution in [0.1, 0.15) is 30.0 Å². The second-order valence-electron chi connectivity index (χ2n) is 6.96. The minimum atomic E-state index is -3.48. The SMILES string of the molecule is CN(C(=S)Nc1cccc(S(=O)(=O)N(C)C)c1)[C@H]1CCCc2ccccc21. The summed E-state index contributed by atoms with van der Waals surface area (Å²) < 4.78 is 25.9. The Balaban J connectivity index is 1.79. The van der Waals surface area contributed by atoms with Crippen molar-refractivity contribution in [1.82, 2.24) is 9.21 Å². The highest BCUT2D eigenvalue weighted by molar-refractivity contribution is 7.89. The number of rotatable bonds is 4. The standard InChI is InChI=1S/C20H25N3O2S2/c1-22(2)27(24,25)17-11-7-10-16(14-17)21-20(26)23(3)19-13-6-9-15-8-4-5-12-18(15)19/h4-5,7-8,10-12,14,19H,6,9,13H2,1-3H3,(H,21,26)/t19-/m0/s1. The second kappa shape index (κ2) is 7.96. The molecule has 0 unspecified atom stereocenters. The van der Waals surface area contributed by atoms with Crippen molar-refractivity contribution in [3.63, 3.8) is 0 Å². The van der Waals surface area contributed by atoms with Crippen molar-refractivity contribution >= 4 is 33.0 Å². The molecule has 0 saturated carbocycles. The van der Waals surface area contributed by atoms with Crippen LogP contribution in [0.2, 0.25) is 0 Å². The summed E-state index contributed by atoms with van der Waals surface area (Å²) in [4.78, 5) is 2.31. The Bertz CT molecular complexity index is 942. The maximum absolute atomic E-state index is 12.3. The van der Waals surface area contributed by atoms with Gasteiger partial charge in [0.25, 0.3) is 0 Å². The summed E-state index contributed by atoms with van der Waals surface area (Å²) in [5.41, 5.74) is 3.36. The third kappa shape index (κ3) is 4.15. The number of hydrogen-bond acceptors (Lipinski definition) is 3. The predicted octanol–water partition coefficient (Wildman–Crippen LogP) is 3.64. The average Bonchev–Trinajstić information content (AvgIpc) is 2.67. The first kappa shape index (κ1) is 19.8. The summed E-state index contributed by atoms with van der Waals surface area (Å²) >= 11 is 5.61. The van der Waals surface area contributed by atoms with Crippen LogP contribution in [0.15, 0.2) is 53.4 Å². The Hall–Kier alpha value is -1.96. The van der Waals surface area contributed by atoms with Gasteiger partial charge in [0.1, 0.15) is 0 Å². The lowest BCUT2D eigenvalue weighted by molar-refractivity contribution is 0.336. The van der Waals surface area contributed by atoms with Crippen LogP contribution in [0, 0.1) is 0 Å². The molecule has 3 rings (SSSR count). The van der Waals surface area contributed by atoms with Crippen LogP contribution in [-0.4, -0.2) is 43.9 Å². The molecular weight excluding hydrogens is 378 g/mol. The van der Waals surface area contributed by atoms with E-state index in [1.165, 1.54) is 29.5 Å². The molecule has 27 heavy (non-hydrogen) atoms. The zero-order chi connectivity index (χ0) is 19.6. The highest BCUT2D eigenvalue weighted by Crippen LogP contribution is 2.33. The monoisotopic (exact) mass is 403 g/mol. The lowest BCUT2D eigenvalue weighted by Crippen LogP contribution is -2.36. The van der Waals surface area contributed by atoms with Crippen LogP contribution in [0.3, 0.4) is 0 Å². The quantitative estimate of drug-likeness (QED) is 0.790. The first-order valence-corrected chi connectivity index (χ1v) is 10.8. The molecule has 5 nitrogen and oxygen atoms in total. The minimum absolute atomic E-state index is 0.226. The molecular formula is C20H25N3O2S2. The minimum Gasteiger partial charge on any atom is -0.345 e. The molecule has 7 heteroatoms. The summed E-state index contributed by atoms with van der Waals surface area (Å²) in [6, 6.07) is 15.5. The number of hydrogen-bond donors (Lipinski definition) is 1. The Labute approximate surface area is 167 Å². The number of thiocarbonyl (C=S) groups is 1. The van der Waals surface area contributed by atoms with Crippen LogP contribution in [-0.2, 0) is 16.4 Å². The van der Waals surface area contributed by atoms with Gasteiger partial charge in [-0.25, -0.2) is 12.7 Å². The van der Waals surface area contributed by atoms with E-state index in [4.69, 9.17) is 12.2 Å². The van der Waals surface area contributed by atoms with E-state index >= 15 is 0 Å². The molecule has 0 amide bonds. The van der Waals surface area contributed by atoms with Gasteiger partial charge in [-0.15, -0.1) is 0 Å². The van der Waals surface area contributed by atoms with E-state index in [-0.39, 0.29) is 10.9 Å². The molecule has 0 fully saturated rings. The Morgan fingerprint density at radius 2 is 1.85 bits per heavy atom. The summed E-state index contributed by atoms with van der Waals surface area (Å²) in [7, 11) is 1.55. The fourth-order valence-corrected chi connectivity index (χ4v) is 4.62. The van der Waals surface area contributed by atoms with Crippen LogP contribution >= 0.6 is 12.2 Å². The lowest BCUT2D eigenvalue weighted by Gasteiger charge is -2.35. The van der Waals surface area contributed by atoms with E-state index < -0.39 is 10.0 Å². The molecule has 0 aromatic heterocycles. The van der Waals surface area contributed by atoms with Gasteiger partial charge in [0.15, 0.2) is 5.11 Å². The van der Waals surface area contributed by atoms with Crippen molar-refractivity contribution in [3.8, 4) is 0 Å². The normalized spacial score (nSPS) is 16.7. The third-order valence-corrected chi connectivity index (χ3v) is 7.19. The van der Waals surface area contributed by atoms with Crippen molar-refractivity contribution in [1.29, 1.82) is 0 Å². The Morgan fingerprint density at radius 3 is 2.59 bits per heavy atom. The fourth-order valence-electron chi connectivity index (χ4n) is 3.43. The summed E-state index contributed by atoms with van der Waals surface area (Å²) in [5, 5.41) is 3.78. The van der Waals surface area contributed by atoms with Gasteiger partial charge in [-0.3, -0.25) is 0 Å². The van der Waals surface area contributed by atoms with Gasteiger partial charge >= 0.3 is 0 Å². The zero-order valence-electron chi connectivity index (χ0n) is 15.8. The molecule has 0 aliphatic heterocycles. The van der Waals surface area contributed by atoms with E-state index in [2.05, 4.69) is 34.5 Å². The van der Waals surface area contributed by atoms with E-state index in [1.807, 2.05) is 13.1 Å². The topological polar surface area (TPSA) is 52.7 Å². The maximum Gasteiger partial charge on any atom is 0.242 e. The smallest absolute Gasteiger partial charge is 0.242 e. The van der Waals surface area contributed by atoms with Crippen molar-refractivity contribution in [2.75, 3.05) is 26.5 Å². The molecule has 1 aliphatic carbocycles. The van der Waals surface area contributed by atoms with Gasteiger partial charge in [0, 0.05) is 26.8 Å². The summed E-state index contributed by atoms with van der Waals surface area (Å²) in [5.74, 6) is 0. The number of anilines is 1. The molecule has 1 aliphatic rings. The Kier molecular flexibility index (Phi) is 5.83. The van der Waals surface area contributed by atoms with E-state index in [0.717, 1.165) is 19.3 Å². The molecule has 0 saturated heterocycles. The number of nitrogens with one attached hydrogen (secondary N) is 1. The van der Waals surface area contributed by atoms with E-state index in [0.29, 0.717) is 10.8 Å². The highest BCUT2D eigenvalue weighted by Gasteiger charge is 2.25. The first-order chi connectivity index (χ1) is 12.8.